The minimum atomic E-state index is -0.768. The van der Waals surface area contributed by atoms with Gasteiger partial charge in [-0.3, -0.25) is 19.5 Å². The van der Waals surface area contributed by atoms with E-state index in [1.54, 1.807) is 11.1 Å². The fraction of sp³-hybridized carbons (Fsp3) is 0.462. The summed E-state index contributed by atoms with van der Waals surface area (Å²) in [6.45, 7) is 2.63. The van der Waals surface area contributed by atoms with Crippen LogP contribution >= 0.6 is 0 Å². The molecule has 0 radical (unpaired) electrons. The third-order valence-electron chi connectivity index (χ3n) is 7.52. The van der Waals surface area contributed by atoms with Gasteiger partial charge in [-0.15, -0.1) is 0 Å². The van der Waals surface area contributed by atoms with Gasteiger partial charge in [0.1, 0.15) is 5.52 Å². The first kappa shape index (κ1) is 22.0. The normalized spacial score (nSPS) is 20.1. The third-order valence-corrected chi connectivity index (χ3v) is 7.52. The Morgan fingerprint density at radius 3 is 2.60 bits per heavy atom. The topological polar surface area (TPSA) is 103 Å². The van der Waals surface area contributed by atoms with Crippen LogP contribution in [0.25, 0.3) is 11.2 Å². The quantitative estimate of drug-likeness (QED) is 0.569. The Balaban J connectivity index is 1.16. The molecule has 9 heteroatoms. The van der Waals surface area contributed by atoms with Crippen molar-refractivity contribution in [2.24, 2.45) is 5.92 Å². The monoisotopic (exact) mass is 475 g/mol. The molecule has 9 nitrogen and oxygen atoms in total. The Labute approximate surface area is 203 Å². The van der Waals surface area contributed by atoms with E-state index in [4.69, 9.17) is 9.52 Å². The van der Waals surface area contributed by atoms with Gasteiger partial charge in [0.25, 0.3) is 0 Å². The first-order chi connectivity index (χ1) is 17.0. The van der Waals surface area contributed by atoms with Crippen LogP contribution in [0.15, 0.2) is 40.9 Å². The predicted molar refractivity (Wildman–Crippen MR) is 131 cm³/mol. The van der Waals surface area contributed by atoms with Gasteiger partial charge < -0.3 is 9.52 Å². The average molecular weight is 476 g/mol. The number of carboxylic acids is 1. The molecule has 1 aromatic carbocycles. The number of benzene rings is 1. The number of amides is 2. The molecule has 35 heavy (non-hydrogen) atoms. The second kappa shape index (κ2) is 8.96. The number of anilines is 2. The van der Waals surface area contributed by atoms with Crippen molar-refractivity contribution >= 4 is 34.6 Å². The molecular weight excluding hydrogens is 446 g/mol. The molecule has 0 unspecified atom stereocenters. The summed E-state index contributed by atoms with van der Waals surface area (Å²) in [5.41, 5.74) is 4.00. The molecule has 1 saturated carbocycles. The number of rotatable bonds is 6. The van der Waals surface area contributed by atoms with Crippen molar-refractivity contribution < 1.29 is 19.1 Å². The molecule has 3 aliphatic rings. The van der Waals surface area contributed by atoms with Crippen molar-refractivity contribution in [1.82, 2.24) is 14.9 Å². The van der Waals surface area contributed by atoms with Gasteiger partial charge in [0, 0.05) is 31.9 Å². The molecule has 2 saturated heterocycles. The van der Waals surface area contributed by atoms with Crippen molar-refractivity contribution in [3.05, 3.63) is 48.0 Å². The second-order valence-corrected chi connectivity index (χ2v) is 9.87. The van der Waals surface area contributed by atoms with E-state index in [0.29, 0.717) is 61.4 Å². The highest BCUT2D eigenvalue weighted by Crippen LogP contribution is 2.35. The third kappa shape index (κ3) is 4.25. The van der Waals surface area contributed by atoms with Gasteiger partial charge >= 0.3 is 12.0 Å². The number of hydrogen-bond acceptors (Lipinski definition) is 6. The minimum absolute atomic E-state index is 0.0593. The summed E-state index contributed by atoms with van der Waals surface area (Å²) in [5, 5.41) is 9.04. The number of aliphatic carboxylic acids is 1. The molecule has 4 heterocycles. The lowest BCUT2D eigenvalue weighted by molar-refractivity contribution is -0.147. The van der Waals surface area contributed by atoms with Crippen LogP contribution in [0.4, 0.5) is 16.2 Å². The molecule has 2 amide bonds. The van der Waals surface area contributed by atoms with E-state index in [2.05, 4.69) is 28.2 Å². The number of carboxylic acid groups (broad SMARTS) is 1. The zero-order valence-electron chi connectivity index (χ0n) is 19.6. The van der Waals surface area contributed by atoms with Gasteiger partial charge in [-0.2, -0.15) is 0 Å². The Kier molecular flexibility index (Phi) is 5.64. The summed E-state index contributed by atoms with van der Waals surface area (Å²) in [5.74, 6) is 0.00546. The van der Waals surface area contributed by atoms with E-state index < -0.39 is 5.97 Å². The van der Waals surface area contributed by atoms with Gasteiger partial charge in [-0.05, 0) is 42.5 Å². The van der Waals surface area contributed by atoms with Crippen LogP contribution < -0.4 is 9.80 Å². The largest absolute Gasteiger partial charge is 0.481 e. The zero-order valence-corrected chi connectivity index (χ0v) is 19.6. The minimum Gasteiger partial charge on any atom is -0.481 e. The molecule has 1 N–H and O–H groups in total. The number of pyridine rings is 1. The number of oxazole rings is 1. The summed E-state index contributed by atoms with van der Waals surface area (Å²) in [6.07, 6.45) is 8.00. The Hall–Kier alpha value is -3.46. The molecule has 0 spiro atoms. The summed E-state index contributed by atoms with van der Waals surface area (Å²) in [7, 11) is 0. The number of carbonyl (C=O) groups excluding carboxylic acids is 1. The van der Waals surface area contributed by atoms with Gasteiger partial charge in [0.05, 0.1) is 24.3 Å². The van der Waals surface area contributed by atoms with Crippen LogP contribution in [0.2, 0.25) is 0 Å². The standard InChI is InChI=1S/C26H29N5O4/c32-25(33)19-14-29(15-19)16-23-28-22-12-21(13-27-24(22)35-23)31-10-9-30(26(31)34)20-8-4-7-18(11-20)17-5-2-1-3-6-17/h4,7-8,11-13,17,19H,1-3,5-6,9-10,14-16H2,(H,32,33). The number of nitrogens with zero attached hydrogens (tertiary/aromatic N) is 5. The van der Waals surface area contributed by atoms with Crippen LogP contribution in [0.3, 0.4) is 0 Å². The maximum Gasteiger partial charge on any atom is 0.329 e. The first-order valence-electron chi connectivity index (χ1n) is 12.4. The number of urea groups is 1. The molecule has 2 aliphatic heterocycles. The Morgan fingerprint density at radius 1 is 1.06 bits per heavy atom. The lowest BCUT2D eigenvalue weighted by Crippen LogP contribution is -2.49. The summed E-state index contributed by atoms with van der Waals surface area (Å²) in [6, 6.07) is 10.2. The highest BCUT2D eigenvalue weighted by Gasteiger charge is 2.34. The molecule has 2 aromatic heterocycles. The maximum absolute atomic E-state index is 13.3. The fourth-order valence-electron chi connectivity index (χ4n) is 5.52. The van der Waals surface area contributed by atoms with Crippen LogP contribution in [0.5, 0.6) is 0 Å². The highest BCUT2D eigenvalue weighted by molar-refractivity contribution is 6.06. The van der Waals surface area contributed by atoms with Crippen molar-refractivity contribution in [1.29, 1.82) is 0 Å². The number of carbonyl (C=O) groups is 2. The molecule has 3 aromatic rings. The smallest absolute Gasteiger partial charge is 0.329 e. The van der Waals surface area contributed by atoms with Crippen LogP contribution in [0.1, 0.15) is 49.5 Å². The van der Waals surface area contributed by atoms with E-state index in [0.717, 1.165) is 5.69 Å². The molecule has 3 fully saturated rings. The molecular formula is C26H29N5O4. The SMILES string of the molecule is O=C(O)C1CN(Cc2nc3cc(N4CCN(c5cccc(C6CCCCC6)c5)C4=O)cnc3o2)C1. The summed E-state index contributed by atoms with van der Waals surface area (Å²) < 4.78 is 5.75. The number of hydrogen-bond donors (Lipinski definition) is 1. The van der Waals surface area contributed by atoms with Gasteiger partial charge in [0.2, 0.25) is 11.6 Å². The van der Waals surface area contributed by atoms with Gasteiger partial charge in [-0.1, -0.05) is 31.4 Å². The van der Waals surface area contributed by atoms with Crippen molar-refractivity contribution in [2.75, 3.05) is 36.0 Å². The van der Waals surface area contributed by atoms with Gasteiger partial charge in [0.15, 0.2) is 0 Å². The van der Waals surface area contributed by atoms with E-state index in [-0.39, 0.29) is 11.9 Å². The molecule has 0 bridgehead atoms. The maximum atomic E-state index is 13.3. The van der Waals surface area contributed by atoms with Crippen LogP contribution in [-0.4, -0.2) is 58.2 Å². The predicted octanol–water partition coefficient (Wildman–Crippen LogP) is 4.23. The van der Waals surface area contributed by atoms with E-state index in [1.807, 2.05) is 21.9 Å². The molecule has 6 rings (SSSR count). The number of fused-ring (bicyclic) bond motifs is 1. The van der Waals surface area contributed by atoms with Crippen LogP contribution in [-0.2, 0) is 11.3 Å². The van der Waals surface area contributed by atoms with Crippen molar-refractivity contribution in [3.8, 4) is 0 Å². The fourth-order valence-corrected chi connectivity index (χ4v) is 5.52. The first-order valence-corrected chi connectivity index (χ1v) is 12.4. The summed E-state index contributed by atoms with van der Waals surface area (Å²) in [4.78, 5) is 38.8. The molecule has 182 valence electrons. The molecule has 1 aliphatic carbocycles. The Bertz CT molecular complexity index is 1260. The van der Waals surface area contributed by atoms with E-state index >= 15 is 0 Å². The lowest BCUT2D eigenvalue weighted by Gasteiger charge is -2.35. The second-order valence-electron chi connectivity index (χ2n) is 9.87. The Morgan fingerprint density at radius 2 is 1.83 bits per heavy atom. The van der Waals surface area contributed by atoms with E-state index in [1.165, 1.54) is 37.7 Å². The highest BCUT2D eigenvalue weighted by atomic mass is 16.4. The number of likely N-dealkylation sites (tertiary alicyclic amines) is 1. The van der Waals surface area contributed by atoms with Crippen molar-refractivity contribution in [3.63, 3.8) is 0 Å². The van der Waals surface area contributed by atoms with Gasteiger partial charge in [-0.25, -0.2) is 14.8 Å². The zero-order chi connectivity index (χ0) is 23.9. The van der Waals surface area contributed by atoms with E-state index in [9.17, 15) is 9.59 Å². The van der Waals surface area contributed by atoms with Crippen molar-refractivity contribution in [2.45, 2.75) is 44.6 Å². The summed E-state index contributed by atoms with van der Waals surface area (Å²) >= 11 is 0. The average Bonchev–Trinajstić information content (AvgIpc) is 3.43. The molecule has 0 atom stereocenters. The van der Waals surface area contributed by atoms with Crippen LogP contribution in [0, 0.1) is 5.92 Å². The lowest BCUT2D eigenvalue weighted by atomic mass is 9.84. The number of aromatic nitrogens is 2.